The van der Waals surface area contributed by atoms with Crippen LogP contribution in [0, 0.1) is 35.5 Å². The number of nitrogens with zero attached hydrogens (tertiary/aromatic N) is 8. The van der Waals surface area contributed by atoms with Crippen molar-refractivity contribution < 1.29 is 90.4 Å². The third-order valence-electron chi connectivity index (χ3n) is 21.9. The van der Waals surface area contributed by atoms with Gasteiger partial charge in [-0.3, -0.25) is 57.5 Å². The van der Waals surface area contributed by atoms with Crippen LogP contribution in [0.5, 0.6) is 0 Å². The largest absolute Gasteiger partial charge is 0.416 e. The van der Waals surface area contributed by atoms with Crippen molar-refractivity contribution >= 4 is 82.5 Å². The summed E-state index contributed by atoms with van der Waals surface area (Å²) in [5.41, 5.74) is -0.928. The van der Waals surface area contributed by atoms with E-state index in [0.29, 0.717) is 64.5 Å². The number of nitrogens with one attached hydrogen (secondary N) is 4. The van der Waals surface area contributed by atoms with Gasteiger partial charge in [0.1, 0.15) is 60.4 Å². The molecule has 12 amide bonds. The second kappa shape index (κ2) is 45.0. The van der Waals surface area contributed by atoms with Crippen LogP contribution < -0.4 is 21.3 Å². The lowest BCUT2D eigenvalue weighted by Gasteiger charge is -2.40. The SMILES string of the molecule is CC(C)C[C@H]1C(=O)N[C@@H](COCC(O)C(F)(F)F)C(=O)N(C)[C@@H](CC2CCCC(Cl)C2)C(=O)N(C)[C@@H](CC2CCCCC2)C(=O)N[C@@H](COC(C)(C)C)C(=O)N(C)[C@@H](CC(C)C)C(=O)N[C@@H]([C@@H](C)O)C(=O)N(C)[C@@H](CC(C)C)C(=O)N(C)[C@@H](CC(C)C)C(=O)N[C@H](C(=O)N2CCCCC2)CC(=O)N(C)CCCC(=O)N1C. The quantitative estimate of drug-likeness (QED) is 0.0759. The summed E-state index contributed by atoms with van der Waals surface area (Å²) in [6, 6.07) is -14.8. The Bertz CT molecular complexity index is 3080. The van der Waals surface area contributed by atoms with Gasteiger partial charge in [-0.25, -0.2) is 0 Å². The van der Waals surface area contributed by atoms with Gasteiger partial charge in [0.15, 0.2) is 6.10 Å². The normalized spacial score (nSPS) is 27.8. The van der Waals surface area contributed by atoms with Gasteiger partial charge in [-0.05, 0) is 140 Å². The number of alkyl halides is 4. The van der Waals surface area contributed by atoms with E-state index in [1.165, 1.54) is 71.0 Å². The molecule has 2 aliphatic heterocycles. The van der Waals surface area contributed by atoms with Crippen molar-refractivity contribution in [3.8, 4) is 0 Å². The molecule has 4 fully saturated rings. The zero-order chi connectivity index (χ0) is 83.9. The lowest BCUT2D eigenvalue weighted by molar-refractivity contribution is -0.217. The number of aliphatic hydroxyl groups is 2. The zero-order valence-electron chi connectivity index (χ0n) is 69.8. The van der Waals surface area contributed by atoms with E-state index in [0.717, 1.165) is 45.3 Å². The average Bonchev–Trinajstić information content (AvgIpc) is 0.810. The minimum atomic E-state index is -5.15. The molecule has 2 aliphatic carbocycles. The Balaban J connectivity index is 2.01. The lowest BCUT2D eigenvalue weighted by atomic mass is 9.83. The van der Waals surface area contributed by atoms with Gasteiger partial charge in [-0.15, -0.1) is 11.6 Å². The molecule has 636 valence electrons. The molecule has 0 aromatic carbocycles. The van der Waals surface area contributed by atoms with Crippen molar-refractivity contribution in [2.24, 2.45) is 35.5 Å². The summed E-state index contributed by atoms with van der Waals surface area (Å²) in [6.07, 6.45) is -2.08. The molecule has 2 heterocycles. The van der Waals surface area contributed by atoms with Gasteiger partial charge >= 0.3 is 6.18 Å². The van der Waals surface area contributed by atoms with Crippen molar-refractivity contribution in [2.75, 3.05) is 88.8 Å². The number of amides is 12. The maximum atomic E-state index is 15.9. The molecule has 0 aromatic heterocycles. The number of piperidine rings is 1. The minimum Gasteiger partial charge on any atom is -0.391 e. The summed E-state index contributed by atoms with van der Waals surface area (Å²) in [5, 5.41) is 32.4. The van der Waals surface area contributed by atoms with Crippen molar-refractivity contribution in [1.29, 1.82) is 0 Å². The Hall–Kier alpha value is -6.44. The molecule has 4 aliphatic rings. The van der Waals surface area contributed by atoms with E-state index in [2.05, 4.69) is 21.3 Å². The first-order chi connectivity index (χ1) is 51.7. The first kappa shape index (κ1) is 96.9. The number of ether oxygens (including phenoxy) is 2. The molecule has 28 nitrogen and oxygen atoms in total. The number of hydrogen-bond donors (Lipinski definition) is 6. The second-order valence-corrected chi connectivity index (χ2v) is 35.0. The molecule has 32 heteroatoms. The number of aliphatic hydroxyl groups excluding tert-OH is 2. The van der Waals surface area contributed by atoms with Crippen LogP contribution in [0.25, 0.3) is 0 Å². The summed E-state index contributed by atoms with van der Waals surface area (Å²) >= 11 is 6.79. The van der Waals surface area contributed by atoms with E-state index in [9.17, 15) is 42.6 Å². The van der Waals surface area contributed by atoms with Crippen LogP contribution >= 0.6 is 11.6 Å². The summed E-state index contributed by atoms with van der Waals surface area (Å²) in [4.78, 5) is 191. The van der Waals surface area contributed by atoms with E-state index in [-0.39, 0.29) is 98.8 Å². The topological polar surface area (TPSA) is 338 Å². The van der Waals surface area contributed by atoms with Crippen molar-refractivity contribution in [3.05, 3.63) is 0 Å². The highest BCUT2D eigenvalue weighted by Gasteiger charge is 2.46. The first-order valence-electron chi connectivity index (χ1n) is 40.3. The number of hydrogen-bond acceptors (Lipinski definition) is 16. The van der Waals surface area contributed by atoms with E-state index < -0.39 is 182 Å². The third-order valence-corrected chi connectivity index (χ3v) is 22.3. The van der Waals surface area contributed by atoms with E-state index in [4.69, 9.17) is 21.1 Å². The van der Waals surface area contributed by atoms with Gasteiger partial charge < -0.3 is 80.2 Å². The molecular formula is C79H136ClF3N12O16. The summed E-state index contributed by atoms with van der Waals surface area (Å²) in [7, 11) is 9.59. The molecule has 2 saturated carbocycles. The molecule has 0 bridgehead atoms. The van der Waals surface area contributed by atoms with Gasteiger partial charge in [-0.2, -0.15) is 13.2 Å². The van der Waals surface area contributed by atoms with E-state index in [1.807, 2.05) is 27.7 Å². The number of carbonyl (C=O) groups is 12. The van der Waals surface area contributed by atoms with Gasteiger partial charge in [0.05, 0.1) is 37.9 Å². The monoisotopic (exact) mass is 1600 g/mol. The fraction of sp³-hybridized carbons (Fsp3) is 0.848. The lowest BCUT2D eigenvalue weighted by Crippen LogP contribution is -2.63. The summed E-state index contributed by atoms with van der Waals surface area (Å²) in [5.74, 6) is -10.8. The summed E-state index contributed by atoms with van der Waals surface area (Å²) < 4.78 is 53.2. The molecular weight excluding hydrogens is 1470 g/mol. The fourth-order valence-corrected chi connectivity index (χ4v) is 15.6. The van der Waals surface area contributed by atoms with Gasteiger partial charge in [0.25, 0.3) is 0 Å². The fourth-order valence-electron chi connectivity index (χ4n) is 15.2. The molecule has 6 N–H and O–H groups in total. The van der Waals surface area contributed by atoms with Crippen LogP contribution in [-0.2, 0) is 67.0 Å². The van der Waals surface area contributed by atoms with Crippen molar-refractivity contribution in [3.63, 3.8) is 0 Å². The molecule has 2 saturated heterocycles. The highest BCUT2D eigenvalue weighted by molar-refractivity contribution is 6.20. The number of rotatable bonds is 20. The highest BCUT2D eigenvalue weighted by Crippen LogP contribution is 2.35. The van der Waals surface area contributed by atoms with E-state index in [1.54, 1.807) is 53.4 Å². The predicted molar refractivity (Wildman–Crippen MR) is 414 cm³/mol. The Morgan fingerprint density at radius 2 is 0.919 bits per heavy atom. The molecule has 111 heavy (non-hydrogen) atoms. The minimum absolute atomic E-state index is 0.00676. The standard InChI is InChI=1S/C79H136ClF3N12O16/c1-47(2)36-58-68(100)85-56(44-110-46-64(97)79(81,82)83)72(104)93(18)63(42-53-30-26-31-54(80)40-53)76(108)92(17)61(41-52-28-22-20-23-29-52)70(102)86-57(45-111-78(10,11)12)73(105)90(15)60(38-49(5)6)71(103)87-67(51(9)96)77(109)94(19)62(39-50(7)8)75(107)91(16)59(37-48(3)4)69(101)84-55(74(106)95-34-24-21-25-35-95)43-66(99)88(13)33-27-32-65(98)89(58)14/h47-64,67,96-97H,20-46H2,1-19H3,(H,84,101)(H,85,100)(H,86,102)(H,87,103)/t51-,53?,54?,55+,56+,57+,58+,59+,60+,61+,62+,63+,64?,67+/m1/s1. The highest BCUT2D eigenvalue weighted by atomic mass is 35.5. The predicted octanol–water partition coefficient (Wildman–Crippen LogP) is 6.02. The second-order valence-electron chi connectivity index (χ2n) is 34.4. The molecule has 0 radical (unpaired) electrons. The smallest absolute Gasteiger partial charge is 0.391 e. The Morgan fingerprint density at radius 3 is 1.43 bits per heavy atom. The molecule has 0 spiro atoms. The summed E-state index contributed by atoms with van der Waals surface area (Å²) in [6.45, 7) is 18.8. The van der Waals surface area contributed by atoms with Crippen LogP contribution in [0.2, 0.25) is 0 Å². The average molecular weight is 1600 g/mol. The van der Waals surface area contributed by atoms with Crippen LogP contribution in [-0.4, -0.2) is 299 Å². The van der Waals surface area contributed by atoms with Gasteiger partial charge in [0.2, 0.25) is 70.9 Å². The zero-order valence-corrected chi connectivity index (χ0v) is 70.5. The molecule has 4 rings (SSSR count). The Kier molecular flexibility index (Phi) is 39.3. The Labute approximate surface area is 662 Å². The van der Waals surface area contributed by atoms with E-state index >= 15 is 38.4 Å². The third kappa shape index (κ3) is 30.4. The van der Waals surface area contributed by atoms with Crippen LogP contribution in [0.15, 0.2) is 0 Å². The van der Waals surface area contributed by atoms with Gasteiger partial charge in [-0.1, -0.05) is 100 Å². The van der Waals surface area contributed by atoms with Crippen LogP contribution in [0.1, 0.15) is 218 Å². The molecule has 3 unspecified atom stereocenters. The van der Waals surface area contributed by atoms with Crippen molar-refractivity contribution in [1.82, 2.24) is 60.5 Å². The number of likely N-dealkylation sites (tertiary alicyclic amines) is 1. The maximum Gasteiger partial charge on any atom is 0.416 e. The first-order valence-corrected chi connectivity index (χ1v) is 40.7. The molecule has 0 aromatic rings. The maximum absolute atomic E-state index is 15.9. The Morgan fingerprint density at radius 1 is 0.486 bits per heavy atom. The number of carbonyl (C=O) groups excluding carboxylic acids is 12. The van der Waals surface area contributed by atoms with Gasteiger partial charge in [0, 0.05) is 80.8 Å². The number of halogens is 4. The van der Waals surface area contributed by atoms with Crippen LogP contribution in [0.3, 0.4) is 0 Å². The number of likely N-dealkylation sites (N-methyl/N-ethyl adjacent to an activating group) is 6. The molecule has 14 atom stereocenters. The van der Waals surface area contributed by atoms with Crippen LogP contribution in [0.4, 0.5) is 13.2 Å². The van der Waals surface area contributed by atoms with Crippen molar-refractivity contribution in [2.45, 2.75) is 308 Å².